The summed E-state index contributed by atoms with van der Waals surface area (Å²) in [5.74, 6) is 0. The molecule has 2 heteroatoms. The molecular weight excluding hydrogens is 605 g/mol. The van der Waals surface area contributed by atoms with Gasteiger partial charge in [-0.3, -0.25) is 0 Å². The Labute approximate surface area is 295 Å². The van der Waals surface area contributed by atoms with Crippen LogP contribution in [0.4, 0.5) is 0 Å². The lowest BCUT2D eigenvalue weighted by atomic mass is 10.0. The smallest absolute Gasteiger partial charge is 0.0629 e. The molecule has 2 heterocycles. The van der Waals surface area contributed by atoms with Crippen molar-refractivity contribution in [2.75, 3.05) is 0 Å². The van der Waals surface area contributed by atoms with Crippen LogP contribution in [0.1, 0.15) is 6.85 Å². The van der Waals surface area contributed by atoms with Crippen molar-refractivity contribution in [3.05, 3.63) is 182 Å². The molecule has 0 saturated heterocycles. The van der Waals surface area contributed by atoms with E-state index in [0.717, 1.165) is 44.2 Å². The van der Waals surface area contributed by atoms with E-state index in [9.17, 15) is 0 Å². The standard InChI is InChI=1S/C48H30N2/c1-2-11-31(12-3-1)34-21-22-36-28-37(25-23-35(36)27-34)49-44-19-9-8-18-40(44)41-29-42-47(30-46(41)49)50(43-20-10-15-32-13-4-6-16-38(32)43)45-26-24-33-14-5-7-17-39(33)48(42)45/h1-30H/i1D,2D,3D,11D,12D. The van der Waals surface area contributed by atoms with Gasteiger partial charge in [0.25, 0.3) is 0 Å². The molecule has 0 amide bonds. The maximum absolute atomic E-state index is 8.53. The van der Waals surface area contributed by atoms with Crippen LogP contribution in [0.3, 0.4) is 0 Å². The van der Waals surface area contributed by atoms with E-state index in [0.29, 0.717) is 5.56 Å². The maximum Gasteiger partial charge on any atom is 0.0629 e. The van der Waals surface area contributed by atoms with Crippen molar-refractivity contribution in [1.29, 1.82) is 0 Å². The van der Waals surface area contributed by atoms with E-state index in [4.69, 9.17) is 6.85 Å². The second kappa shape index (κ2) is 10.4. The second-order valence-corrected chi connectivity index (χ2v) is 13.0. The zero-order valence-electron chi connectivity index (χ0n) is 31.8. The molecule has 0 aliphatic rings. The molecule has 0 radical (unpaired) electrons. The minimum absolute atomic E-state index is 0.201. The summed E-state index contributed by atoms with van der Waals surface area (Å²) in [6, 6.07) is 52.2. The zero-order valence-corrected chi connectivity index (χ0v) is 26.8. The van der Waals surface area contributed by atoms with Gasteiger partial charge in [0.2, 0.25) is 0 Å². The fourth-order valence-electron chi connectivity index (χ4n) is 8.11. The third kappa shape index (κ3) is 3.90. The highest BCUT2D eigenvalue weighted by Crippen LogP contribution is 2.43. The average Bonchev–Trinajstić information content (AvgIpc) is 3.73. The van der Waals surface area contributed by atoms with Gasteiger partial charge in [0.15, 0.2) is 0 Å². The largest absolute Gasteiger partial charge is 0.309 e. The van der Waals surface area contributed by atoms with Crippen LogP contribution in [0.5, 0.6) is 0 Å². The fraction of sp³-hybridized carbons (Fsp3) is 0. The first kappa shape index (κ1) is 22.8. The molecule has 0 N–H and O–H groups in total. The lowest BCUT2D eigenvalue weighted by Crippen LogP contribution is -1.97. The molecule has 0 atom stereocenters. The predicted molar refractivity (Wildman–Crippen MR) is 213 cm³/mol. The fourth-order valence-corrected chi connectivity index (χ4v) is 8.11. The maximum atomic E-state index is 8.53. The van der Waals surface area contributed by atoms with Crippen LogP contribution < -0.4 is 0 Å². The molecule has 9 aromatic carbocycles. The van der Waals surface area contributed by atoms with Crippen LogP contribution in [0.15, 0.2) is 182 Å². The lowest BCUT2D eigenvalue weighted by molar-refractivity contribution is 1.17. The molecule has 0 fully saturated rings. The summed E-state index contributed by atoms with van der Waals surface area (Å²) < 4.78 is 46.2. The number of rotatable bonds is 3. The molecule has 2 nitrogen and oxygen atoms in total. The Bertz CT molecular complexity index is 3410. The Hall–Kier alpha value is -6.64. The van der Waals surface area contributed by atoms with Gasteiger partial charge < -0.3 is 9.13 Å². The predicted octanol–water partition coefficient (Wildman–Crippen LogP) is 13.0. The molecule has 0 spiro atoms. The van der Waals surface area contributed by atoms with Gasteiger partial charge in [-0.2, -0.15) is 0 Å². The van der Waals surface area contributed by atoms with Gasteiger partial charge in [-0.05, 0) is 86.6 Å². The Kier molecular flexibility index (Phi) is 4.76. The number of fused-ring (bicyclic) bond motifs is 10. The van der Waals surface area contributed by atoms with Crippen LogP contribution in [0.2, 0.25) is 0 Å². The van der Waals surface area contributed by atoms with Crippen molar-refractivity contribution >= 4 is 75.9 Å². The van der Waals surface area contributed by atoms with Crippen molar-refractivity contribution in [1.82, 2.24) is 9.13 Å². The van der Waals surface area contributed by atoms with E-state index >= 15 is 0 Å². The molecule has 11 rings (SSSR count). The first-order chi connectivity index (χ1) is 26.9. The third-order valence-corrected chi connectivity index (χ3v) is 10.3. The first-order valence-electron chi connectivity index (χ1n) is 19.4. The molecule has 232 valence electrons. The summed E-state index contributed by atoms with van der Waals surface area (Å²) in [7, 11) is 0. The van der Waals surface area contributed by atoms with Gasteiger partial charge in [-0.15, -0.1) is 0 Å². The Balaban J connectivity index is 1.20. The zero-order chi connectivity index (χ0) is 37.1. The Morgan fingerprint density at radius 1 is 0.360 bits per heavy atom. The number of nitrogens with zero attached hydrogens (tertiary/aromatic N) is 2. The average molecular weight is 640 g/mol. The molecule has 0 bridgehead atoms. The van der Waals surface area contributed by atoms with Crippen LogP contribution >= 0.6 is 0 Å². The van der Waals surface area contributed by atoms with Gasteiger partial charge in [-0.1, -0.05) is 133 Å². The second-order valence-electron chi connectivity index (χ2n) is 13.0. The number of para-hydroxylation sites is 1. The molecule has 0 unspecified atom stereocenters. The Morgan fingerprint density at radius 3 is 1.92 bits per heavy atom. The number of hydrogen-bond donors (Lipinski definition) is 0. The van der Waals surface area contributed by atoms with Crippen molar-refractivity contribution in [3.8, 4) is 22.5 Å². The van der Waals surface area contributed by atoms with E-state index in [-0.39, 0.29) is 29.7 Å². The van der Waals surface area contributed by atoms with E-state index in [2.05, 4.69) is 143 Å². The van der Waals surface area contributed by atoms with Gasteiger partial charge in [-0.25, -0.2) is 0 Å². The highest BCUT2D eigenvalue weighted by Gasteiger charge is 2.20. The summed E-state index contributed by atoms with van der Waals surface area (Å²) in [6.45, 7) is 0. The molecule has 11 aromatic rings. The number of hydrogen-bond acceptors (Lipinski definition) is 0. The van der Waals surface area contributed by atoms with Gasteiger partial charge in [0.1, 0.15) is 0 Å². The topological polar surface area (TPSA) is 9.86 Å². The highest BCUT2D eigenvalue weighted by molar-refractivity contribution is 6.25. The molecule has 50 heavy (non-hydrogen) atoms. The number of benzene rings is 9. The van der Waals surface area contributed by atoms with Crippen molar-refractivity contribution < 1.29 is 6.85 Å². The molecule has 2 aromatic heterocycles. The van der Waals surface area contributed by atoms with Crippen molar-refractivity contribution in [3.63, 3.8) is 0 Å². The van der Waals surface area contributed by atoms with Gasteiger partial charge in [0, 0.05) is 32.6 Å². The van der Waals surface area contributed by atoms with Crippen LogP contribution in [0.25, 0.3) is 98.4 Å². The SMILES string of the molecule is [2H]c1c([2H])c([2H])c(-c2ccc3cc(-n4c5ccccc5c5cc6c7c8ccccc8ccc7n(-c7cccc8ccccc78)c6cc54)ccc3c2)c([2H])c1[2H]. The highest BCUT2D eigenvalue weighted by atomic mass is 15.0. The lowest BCUT2D eigenvalue weighted by Gasteiger charge is -2.13. The summed E-state index contributed by atoms with van der Waals surface area (Å²) in [4.78, 5) is 0. The van der Waals surface area contributed by atoms with E-state index < -0.39 is 6.04 Å². The van der Waals surface area contributed by atoms with Crippen LogP contribution in [-0.4, -0.2) is 9.13 Å². The van der Waals surface area contributed by atoms with Crippen LogP contribution in [0, 0.1) is 0 Å². The van der Waals surface area contributed by atoms with Gasteiger partial charge >= 0.3 is 0 Å². The molecule has 0 aliphatic carbocycles. The number of aromatic nitrogens is 2. The van der Waals surface area contributed by atoms with E-state index in [1.54, 1.807) is 0 Å². The normalized spacial score (nSPS) is 13.4. The minimum Gasteiger partial charge on any atom is -0.309 e. The Morgan fingerprint density at radius 2 is 1.04 bits per heavy atom. The summed E-state index contributed by atoms with van der Waals surface area (Å²) in [5.41, 5.74) is 7.42. The monoisotopic (exact) mass is 639 g/mol. The molecule has 0 saturated carbocycles. The third-order valence-electron chi connectivity index (χ3n) is 10.3. The van der Waals surface area contributed by atoms with Gasteiger partial charge in [0.05, 0.1) is 34.6 Å². The van der Waals surface area contributed by atoms with E-state index in [1.165, 1.54) is 43.1 Å². The molecular formula is C48H30N2. The minimum atomic E-state index is -0.390. The van der Waals surface area contributed by atoms with Crippen molar-refractivity contribution in [2.24, 2.45) is 0 Å². The summed E-state index contributed by atoms with van der Waals surface area (Å²) >= 11 is 0. The molecule has 0 aliphatic heterocycles. The summed E-state index contributed by atoms with van der Waals surface area (Å²) in [6.07, 6.45) is 0. The van der Waals surface area contributed by atoms with Crippen molar-refractivity contribution in [2.45, 2.75) is 0 Å². The quantitative estimate of drug-likeness (QED) is 0.182. The van der Waals surface area contributed by atoms with E-state index in [1.807, 2.05) is 18.2 Å². The summed E-state index contributed by atoms with van der Waals surface area (Å²) in [5, 5.41) is 11.5. The van der Waals surface area contributed by atoms with Crippen LogP contribution in [-0.2, 0) is 0 Å². The first-order valence-corrected chi connectivity index (χ1v) is 16.9.